The first-order valence-electron chi connectivity index (χ1n) is 7.18. The monoisotopic (exact) mass is 332 g/mol. The van der Waals surface area contributed by atoms with E-state index in [4.69, 9.17) is 4.52 Å². The molecule has 0 saturated heterocycles. The summed E-state index contributed by atoms with van der Waals surface area (Å²) in [4.78, 5) is 40.3. The zero-order valence-corrected chi connectivity index (χ0v) is 13.4. The number of carbonyl (C=O) groups is 1. The Hall–Kier alpha value is -3.17. The van der Waals surface area contributed by atoms with E-state index in [9.17, 15) is 14.4 Å². The number of nitrogens with one attached hydrogen (secondary N) is 1. The van der Waals surface area contributed by atoms with Gasteiger partial charge in [0.15, 0.2) is 11.2 Å². The fraction of sp³-hybridized carbons (Fsp3) is 0.357. The molecule has 3 aromatic rings. The minimum atomic E-state index is -0.495. The van der Waals surface area contributed by atoms with Gasteiger partial charge in [0, 0.05) is 20.2 Å². The number of hydrogen-bond donors (Lipinski definition) is 1. The highest BCUT2D eigenvalue weighted by atomic mass is 16.5. The van der Waals surface area contributed by atoms with Gasteiger partial charge in [-0.3, -0.25) is 18.7 Å². The summed E-state index contributed by atoms with van der Waals surface area (Å²) in [6.45, 7) is 1.88. The van der Waals surface area contributed by atoms with Gasteiger partial charge >= 0.3 is 5.69 Å². The summed E-state index contributed by atoms with van der Waals surface area (Å²) in [7, 11) is 2.91. The molecule has 3 heterocycles. The van der Waals surface area contributed by atoms with Crippen LogP contribution < -0.4 is 16.6 Å². The van der Waals surface area contributed by atoms with Crippen molar-refractivity contribution in [1.29, 1.82) is 0 Å². The second-order valence-corrected chi connectivity index (χ2v) is 5.46. The fourth-order valence-corrected chi connectivity index (χ4v) is 2.42. The van der Waals surface area contributed by atoms with Gasteiger partial charge in [0.2, 0.25) is 5.91 Å². The summed E-state index contributed by atoms with van der Waals surface area (Å²) in [5.74, 6) is 0.343. The van der Waals surface area contributed by atoms with Crippen LogP contribution in [0.2, 0.25) is 0 Å². The second kappa shape index (κ2) is 5.80. The molecule has 0 aliphatic carbocycles. The summed E-state index contributed by atoms with van der Waals surface area (Å²) >= 11 is 0. The number of rotatable bonds is 4. The second-order valence-electron chi connectivity index (χ2n) is 5.46. The minimum Gasteiger partial charge on any atom is -0.361 e. The van der Waals surface area contributed by atoms with Crippen LogP contribution in [0.1, 0.15) is 11.5 Å². The molecule has 0 saturated carbocycles. The third-order valence-corrected chi connectivity index (χ3v) is 3.67. The number of aromatic nitrogens is 5. The lowest BCUT2D eigenvalue weighted by atomic mass is 10.3. The van der Waals surface area contributed by atoms with Crippen LogP contribution in [0, 0.1) is 6.92 Å². The van der Waals surface area contributed by atoms with Crippen LogP contribution in [0.25, 0.3) is 11.2 Å². The SMILES string of the molecule is Cc1cc(CNC(=O)Cn2cnc3c2c(=O)n(C)c(=O)n3C)no1. The third kappa shape index (κ3) is 2.62. The standard InChI is InChI=1S/C14H16N6O4/c1-8-4-9(17-24-8)5-15-10(21)6-20-7-16-12-11(20)13(22)19(3)14(23)18(12)2/h4,7H,5-6H2,1-3H3,(H,15,21). The highest BCUT2D eigenvalue weighted by Gasteiger charge is 2.16. The Morgan fingerprint density at radius 3 is 2.71 bits per heavy atom. The lowest BCUT2D eigenvalue weighted by Gasteiger charge is -2.07. The van der Waals surface area contributed by atoms with Crippen LogP contribution >= 0.6 is 0 Å². The van der Waals surface area contributed by atoms with Crippen molar-refractivity contribution in [2.45, 2.75) is 20.0 Å². The predicted molar refractivity (Wildman–Crippen MR) is 83.3 cm³/mol. The van der Waals surface area contributed by atoms with Crippen LogP contribution in [0.5, 0.6) is 0 Å². The van der Waals surface area contributed by atoms with Gasteiger partial charge in [0.25, 0.3) is 5.56 Å². The van der Waals surface area contributed by atoms with Gasteiger partial charge in [0.1, 0.15) is 18.0 Å². The molecule has 0 fully saturated rings. The summed E-state index contributed by atoms with van der Waals surface area (Å²) < 4.78 is 8.59. The molecule has 0 aromatic carbocycles. The topological polar surface area (TPSA) is 117 Å². The molecule has 0 unspecified atom stereocenters. The lowest BCUT2D eigenvalue weighted by Crippen LogP contribution is -2.38. The summed E-state index contributed by atoms with van der Waals surface area (Å²) in [5.41, 5.74) is 0.0823. The van der Waals surface area contributed by atoms with Crippen LogP contribution in [0.15, 0.2) is 26.5 Å². The van der Waals surface area contributed by atoms with Gasteiger partial charge in [-0.15, -0.1) is 0 Å². The Bertz CT molecular complexity index is 1040. The average molecular weight is 332 g/mol. The molecule has 10 heteroatoms. The maximum absolute atomic E-state index is 12.3. The molecule has 1 N–H and O–H groups in total. The Labute approximate surface area is 135 Å². The van der Waals surface area contributed by atoms with E-state index in [2.05, 4.69) is 15.5 Å². The predicted octanol–water partition coefficient (Wildman–Crippen LogP) is -0.953. The van der Waals surface area contributed by atoms with Crippen LogP contribution in [-0.2, 0) is 32.0 Å². The molecule has 3 rings (SSSR count). The zero-order chi connectivity index (χ0) is 17.4. The van der Waals surface area contributed by atoms with Gasteiger partial charge < -0.3 is 14.4 Å². The normalized spacial score (nSPS) is 11.1. The van der Waals surface area contributed by atoms with Gasteiger partial charge in [0.05, 0.1) is 12.9 Å². The smallest absolute Gasteiger partial charge is 0.332 e. The van der Waals surface area contributed by atoms with Gasteiger partial charge in [-0.2, -0.15) is 0 Å². The number of amides is 1. The van der Waals surface area contributed by atoms with E-state index in [1.165, 1.54) is 29.6 Å². The lowest BCUT2D eigenvalue weighted by molar-refractivity contribution is -0.121. The minimum absolute atomic E-state index is 0.0965. The Morgan fingerprint density at radius 2 is 2.04 bits per heavy atom. The Morgan fingerprint density at radius 1 is 1.29 bits per heavy atom. The third-order valence-electron chi connectivity index (χ3n) is 3.67. The number of nitrogens with zero attached hydrogens (tertiary/aromatic N) is 5. The van der Waals surface area contributed by atoms with E-state index in [1.54, 1.807) is 13.0 Å². The molecule has 0 radical (unpaired) electrons. The van der Waals surface area contributed by atoms with Crippen LogP contribution in [-0.4, -0.2) is 29.7 Å². The number of carbonyl (C=O) groups excluding carboxylic acids is 1. The first kappa shape index (κ1) is 15.7. The summed E-state index contributed by atoms with van der Waals surface area (Å²) in [5, 5.41) is 6.47. The fourth-order valence-electron chi connectivity index (χ4n) is 2.42. The zero-order valence-electron chi connectivity index (χ0n) is 13.4. The molecule has 3 aromatic heterocycles. The van der Waals surface area contributed by atoms with Crippen LogP contribution in [0.3, 0.4) is 0 Å². The molecule has 0 aliphatic heterocycles. The maximum Gasteiger partial charge on any atom is 0.332 e. The van der Waals surface area contributed by atoms with Gasteiger partial charge in [-0.05, 0) is 6.92 Å². The summed E-state index contributed by atoms with van der Waals surface area (Å²) in [6.07, 6.45) is 1.37. The highest BCUT2D eigenvalue weighted by Crippen LogP contribution is 2.05. The van der Waals surface area contributed by atoms with Crippen LogP contribution in [0.4, 0.5) is 0 Å². The van der Waals surface area contributed by atoms with Crippen molar-refractivity contribution in [3.63, 3.8) is 0 Å². The van der Waals surface area contributed by atoms with Gasteiger partial charge in [-0.1, -0.05) is 5.16 Å². The first-order chi connectivity index (χ1) is 11.4. The van der Waals surface area contributed by atoms with Crippen molar-refractivity contribution in [3.05, 3.63) is 44.7 Å². The Balaban J connectivity index is 1.84. The Kier molecular flexibility index (Phi) is 3.80. The number of hydrogen-bond acceptors (Lipinski definition) is 6. The molecule has 10 nitrogen and oxygen atoms in total. The number of fused-ring (bicyclic) bond motifs is 1. The molecule has 0 bridgehead atoms. The molecular formula is C14H16N6O4. The largest absolute Gasteiger partial charge is 0.361 e. The van der Waals surface area contributed by atoms with Crippen molar-refractivity contribution in [2.75, 3.05) is 0 Å². The first-order valence-corrected chi connectivity index (χ1v) is 7.18. The van der Waals surface area contributed by atoms with Crippen molar-refractivity contribution in [1.82, 2.24) is 29.2 Å². The van der Waals surface area contributed by atoms with E-state index in [-0.39, 0.29) is 30.2 Å². The van der Waals surface area contributed by atoms with Crippen molar-refractivity contribution >= 4 is 17.1 Å². The molecule has 0 aliphatic rings. The van der Waals surface area contributed by atoms with E-state index < -0.39 is 11.2 Å². The van der Waals surface area contributed by atoms with Crippen molar-refractivity contribution in [2.24, 2.45) is 14.1 Å². The van der Waals surface area contributed by atoms with Crippen molar-refractivity contribution < 1.29 is 9.32 Å². The molecule has 24 heavy (non-hydrogen) atoms. The highest BCUT2D eigenvalue weighted by molar-refractivity contribution is 5.78. The molecule has 1 amide bonds. The van der Waals surface area contributed by atoms with E-state index >= 15 is 0 Å². The van der Waals surface area contributed by atoms with E-state index in [0.29, 0.717) is 11.5 Å². The van der Waals surface area contributed by atoms with Gasteiger partial charge in [-0.25, -0.2) is 9.78 Å². The molecular weight excluding hydrogens is 316 g/mol. The molecule has 126 valence electrons. The maximum atomic E-state index is 12.3. The number of aryl methyl sites for hydroxylation is 2. The van der Waals surface area contributed by atoms with E-state index in [0.717, 1.165) is 4.57 Å². The molecule has 0 spiro atoms. The molecule has 0 atom stereocenters. The number of imidazole rings is 1. The van der Waals surface area contributed by atoms with E-state index in [1.807, 2.05) is 0 Å². The van der Waals surface area contributed by atoms with Crippen molar-refractivity contribution in [3.8, 4) is 0 Å². The summed E-state index contributed by atoms with van der Waals surface area (Å²) in [6, 6.07) is 1.72. The average Bonchev–Trinajstić information content (AvgIpc) is 3.15. The quantitative estimate of drug-likeness (QED) is 0.658.